The normalized spacial score (nSPS) is 14.0. The Kier molecular flexibility index (Phi) is 6.87. The molecule has 0 fully saturated rings. The van der Waals surface area contributed by atoms with Crippen molar-refractivity contribution >= 4 is 44.2 Å². The first-order valence-corrected chi connectivity index (χ1v) is 18.7. The molecule has 0 saturated carbocycles. The summed E-state index contributed by atoms with van der Waals surface area (Å²) >= 11 is 0. The number of halogens is 1. The smallest absolute Gasteiger partial charge is 0.255 e. The van der Waals surface area contributed by atoms with Gasteiger partial charge in [-0.3, -0.25) is 4.57 Å². The van der Waals surface area contributed by atoms with Crippen LogP contribution in [0.25, 0.3) is 72.3 Å². The number of nitrogens with one attached hydrogen (secondary N) is 1. The lowest BCUT2D eigenvalue weighted by Crippen LogP contribution is -3.00. The molecule has 3 heterocycles. The molecule has 5 nitrogen and oxygen atoms in total. The molecule has 0 amide bonds. The van der Waals surface area contributed by atoms with Crippen LogP contribution < -0.4 is 22.3 Å². The SMILES string of the molecule is [2H]c1c([2H])c([2H])c(-c2cccc(-c3c([2H])c([2H])c([2H])c([2H])c3[2H])c2-[n+]2cn(-c3cccc(Nc4ccc5c6ccccc6n(-c6cc(C(C)(C)C)ccn6)c5c4)c3)c3ccccc32)c([2H])c1[2H].[Cl-]. The number of para-hydroxylation sites is 4. The predicted octanol–water partition coefficient (Wildman–Crippen LogP) is 9.78. The van der Waals surface area contributed by atoms with E-state index in [0.29, 0.717) is 5.52 Å². The van der Waals surface area contributed by atoms with Gasteiger partial charge >= 0.3 is 0 Å². The van der Waals surface area contributed by atoms with E-state index >= 15 is 0 Å². The van der Waals surface area contributed by atoms with Crippen LogP contribution in [-0.2, 0) is 5.41 Å². The first kappa shape index (κ1) is 26.8. The molecular formula is C52H42ClN5. The van der Waals surface area contributed by atoms with Gasteiger partial charge in [0.25, 0.3) is 6.33 Å². The Labute approximate surface area is 359 Å². The molecule has 0 spiro atoms. The molecule has 0 atom stereocenters. The maximum Gasteiger partial charge on any atom is 0.255 e. The maximum absolute atomic E-state index is 9.01. The van der Waals surface area contributed by atoms with E-state index in [1.54, 1.807) is 29.1 Å². The molecule has 1 N–H and O–H groups in total. The van der Waals surface area contributed by atoms with Crippen molar-refractivity contribution in [3.63, 3.8) is 0 Å². The summed E-state index contributed by atoms with van der Waals surface area (Å²) in [6.07, 6.45) is 3.67. The van der Waals surface area contributed by atoms with Crippen molar-refractivity contribution in [3.05, 3.63) is 200 Å². The minimum atomic E-state index is -0.551. The predicted molar refractivity (Wildman–Crippen MR) is 236 cm³/mol. The molecule has 0 aliphatic heterocycles. The molecule has 282 valence electrons. The van der Waals surface area contributed by atoms with Crippen LogP contribution in [0.3, 0.4) is 0 Å². The highest BCUT2D eigenvalue weighted by Gasteiger charge is 2.25. The second-order valence-electron chi connectivity index (χ2n) is 15.0. The third-order valence-corrected chi connectivity index (χ3v) is 10.4. The van der Waals surface area contributed by atoms with Crippen molar-refractivity contribution in [2.75, 3.05) is 5.32 Å². The van der Waals surface area contributed by atoms with E-state index in [1.165, 1.54) is 5.56 Å². The van der Waals surface area contributed by atoms with Crippen LogP contribution >= 0.6 is 0 Å². The lowest BCUT2D eigenvalue weighted by Gasteiger charge is -2.20. The second-order valence-corrected chi connectivity index (χ2v) is 15.0. The zero-order chi connectivity index (χ0) is 47.2. The molecule has 7 aromatic carbocycles. The number of pyridine rings is 1. The lowest BCUT2D eigenvalue weighted by molar-refractivity contribution is -0.566. The highest BCUT2D eigenvalue weighted by molar-refractivity contribution is 6.10. The van der Waals surface area contributed by atoms with Gasteiger partial charge in [0.05, 0.1) is 24.7 Å². The summed E-state index contributed by atoms with van der Waals surface area (Å²) in [5, 5.41) is 5.84. The Bertz CT molecular complexity index is 3540. The van der Waals surface area contributed by atoms with Gasteiger partial charge in [0.15, 0.2) is 11.0 Å². The number of anilines is 2. The van der Waals surface area contributed by atoms with Crippen LogP contribution in [0.1, 0.15) is 40.0 Å². The van der Waals surface area contributed by atoms with Gasteiger partial charge in [-0.15, -0.1) is 0 Å². The molecular weight excluding hydrogens is 730 g/mol. The fraction of sp³-hybridized carbons (Fsp3) is 0.0769. The Morgan fingerprint density at radius 3 is 1.97 bits per heavy atom. The van der Waals surface area contributed by atoms with E-state index in [2.05, 4.69) is 73.1 Å². The molecule has 0 aliphatic rings. The Morgan fingerprint density at radius 1 is 0.603 bits per heavy atom. The van der Waals surface area contributed by atoms with Crippen molar-refractivity contribution < 1.29 is 30.7 Å². The van der Waals surface area contributed by atoms with Gasteiger partial charge in [0.2, 0.25) is 0 Å². The molecule has 58 heavy (non-hydrogen) atoms. The average molecular weight is 782 g/mol. The average Bonchev–Trinajstić information content (AvgIpc) is 3.87. The molecule has 6 heteroatoms. The zero-order valence-corrected chi connectivity index (χ0v) is 32.6. The summed E-state index contributed by atoms with van der Waals surface area (Å²) < 4.78 is 92.8. The number of hydrogen-bond acceptors (Lipinski definition) is 2. The van der Waals surface area contributed by atoms with Crippen LogP contribution in [-0.4, -0.2) is 14.1 Å². The van der Waals surface area contributed by atoms with Gasteiger partial charge in [-0.1, -0.05) is 142 Å². The first-order chi connectivity index (χ1) is 32.0. The van der Waals surface area contributed by atoms with E-state index < -0.39 is 60.4 Å². The maximum atomic E-state index is 9.01. The monoisotopic (exact) mass is 781 g/mol. The third kappa shape index (κ3) is 6.49. The number of rotatable bonds is 7. The molecule has 10 aromatic rings. The Balaban J connectivity index is 0.00000578. The molecule has 0 unspecified atom stereocenters. The second kappa shape index (κ2) is 14.8. The minimum Gasteiger partial charge on any atom is -1.00 e. The summed E-state index contributed by atoms with van der Waals surface area (Å²) in [5.74, 6) is 0.827. The van der Waals surface area contributed by atoms with Crippen molar-refractivity contribution in [1.82, 2.24) is 14.1 Å². The Morgan fingerprint density at radius 2 is 1.24 bits per heavy atom. The number of fused-ring (bicyclic) bond motifs is 4. The molecule has 0 saturated heterocycles. The van der Waals surface area contributed by atoms with E-state index in [-0.39, 0.29) is 45.8 Å². The Hall–Kier alpha value is -6.95. The summed E-state index contributed by atoms with van der Waals surface area (Å²) in [6, 6.07) is 34.1. The number of benzene rings is 7. The molecule has 0 aliphatic carbocycles. The van der Waals surface area contributed by atoms with E-state index in [0.717, 1.165) is 50.2 Å². The number of aromatic nitrogens is 4. The first-order valence-electron chi connectivity index (χ1n) is 23.7. The van der Waals surface area contributed by atoms with Gasteiger partial charge < -0.3 is 17.7 Å². The van der Waals surface area contributed by atoms with Crippen molar-refractivity contribution in [2.24, 2.45) is 0 Å². The third-order valence-electron chi connectivity index (χ3n) is 10.4. The number of imidazole rings is 1. The molecule has 0 radical (unpaired) electrons. The van der Waals surface area contributed by atoms with Crippen LogP contribution in [0.4, 0.5) is 11.4 Å². The van der Waals surface area contributed by atoms with Gasteiger partial charge in [0, 0.05) is 45.5 Å². The van der Waals surface area contributed by atoms with Crippen LogP contribution in [0.15, 0.2) is 194 Å². The van der Waals surface area contributed by atoms with Crippen LogP contribution in [0.2, 0.25) is 0 Å². The molecule has 3 aromatic heterocycles. The van der Waals surface area contributed by atoms with Crippen molar-refractivity contribution in [1.29, 1.82) is 0 Å². The van der Waals surface area contributed by atoms with Crippen molar-refractivity contribution in [2.45, 2.75) is 26.2 Å². The number of nitrogens with zero attached hydrogens (tertiary/aromatic N) is 4. The van der Waals surface area contributed by atoms with E-state index in [4.69, 9.17) is 18.7 Å². The van der Waals surface area contributed by atoms with Crippen LogP contribution in [0.5, 0.6) is 0 Å². The van der Waals surface area contributed by atoms with Crippen LogP contribution in [0, 0.1) is 0 Å². The number of hydrogen-bond donors (Lipinski definition) is 1. The highest BCUT2D eigenvalue weighted by Crippen LogP contribution is 2.37. The minimum absolute atomic E-state index is 0. The quantitative estimate of drug-likeness (QED) is 0.164. The standard InChI is InChI=1S/C52H42N5.ClH/c1-52(2,3)38-30-31-53-50(32-38)57-46-25-11-10-22-44(46)45-29-28-40(34-49(45)57)54-39-20-14-21-41(33-39)55-35-56(48-27-13-12-26-47(48)55)51-42(36-16-6-4-7-17-36)23-15-24-43(51)37-18-8-5-9-19-37;/h4-35,54H,1-3H3;1H/q+1;/p-1/i4D,5D,6D,7D,8D,9D,16D,17D,18D,19D;. The largest absolute Gasteiger partial charge is 1.00 e. The van der Waals surface area contributed by atoms with E-state index in [9.17, 15) is 0 Å². The topological polar surface area (TPSA) is 38.7 Å². The summed E-state index contributed by atoms with van der Waals surface area (Å²) in [7, 11) is 0. The van der Waals surface area contributed by atoms with Crippen molar-refractivity contribution in [3.8, 4) is 39.4 Å². The fourth-order valence-corrected chi connectivity index (χ4v) is 7.67. The summed E-state index contributed by atoms with van der Waals surface area (Å²) in [5.41, 5.74) is 7.38. The fourth-order valence-electron chi connectivity index (χ4n) is 7.67. The molecule has 10 rings (SSSR count). The van der Waals surface area contributed by atoms with Gasteiger partial charge in [-0.2, -0.15) is 9.13 Å². The summed E-state index contributed by atoms with van der Waals surface area (Å²) in [6.45, 7) is 6.57. The van der Waals surface area contributed by atoms with E-state index in [1.807, 2.05) is 71.4 Å². The summed E-state index contributed by atoms with van der Waals surface area (Å²) in [4.78, 5) is 4.84. The highest BCUT2D eigenvalue weighted by atomic mass is 35.5. The zero-order valence-electron chi connectivity index (χ0n) is 41.9. The lowest BCUT2D eigenvalue weighted by atomic mass is 9.88. The molecule has 0 bridgehead atoms. The van der Waals surface area contributed by atoms with Gasteiger partial charge in [-0.25, -0.2) is 4.98 Å². The van der Waals surface area contributed by atoms with Gasteiger partial charge in [0.1, 0.15) is 17.2 Å². The van der Waals surface area contributed by atoms with Gasteiger partial charge in [-0.05, 0) is 76.7 Å².